The number of nitrogens with one attached hydrogen (secondary N) is 2. The number of aromatic nitrogens is 6. The average molecular weight is 643 g/mol. The van der Waals surface area contributed by atoms with E-state index >= 15 is 0 Å². The van der Waals surface area contributed by atoms with Crippen molar-refractivity contribution in [1.29, 1.82) is 0 Å². The van der Waals surface area contributed by atoms with E-state index in [-0.39, 0.29) is 0 Å². The Kier molecular flexibility index (Phi) is 9.66. The van der Waals surface area contributed by atoms with Gasteiger partial charge >= 0.3 is 12.1 Å². The van der Waals surface area contributed by atoms with E-state index < -0.39 is 18.2 Å². The van der Waals surface area contributed by atoms with E-state index in [0.29, 0.717) is 22.8 Å². The molecular weight excluding hydrogens is 616 g/mol. The standard InChI is InChI=1S/C23H26ClN8OPS.C2HF3O2/c1-14-19(13-28-32(14)15-6-10-33-11-7-15)30-23-27-12-16(24)22(31-23)29-18-5-4-17-20(26-9-8-25-17)21(18)34(2,3)35;3-2(4,5)1(6)7/h4-5,8-9,12-13,15H,6-7,10-11H2,1-3H3,(H2,27,29,30,31);(H,6,7). The first-order chi connectivity index (χ1) is 19.8. The highest BCUT2D eigenvalue weighted by molar-refractivity contribution is 8.17. The molecule has 3 aromatic heterocycles. The molecule has 0 radical (unpaired) electrons. The van der Waals surface area contributed by atoms with E-state index in [2.05, 4.69) is 53.7 Å². The van der Waals surface area contributed by atoms with Gasteiger partial charge in [-0.05, 0) is 51.3 Å². The summed E-state index contributed by atoms with van der Waals surface area (Å²) in [5.74, 6) is -1.86. The highest BCUT2D eigenvalue weighted by atomic mass is 35.5. The molecule has 0 unspecified atom stereocenters. The minimum atomic E-state index is -5.08. The summed E-state index contributed by atoms with van der Waals surface area (Å²) in [5, 5.41) is 19.7. The first-order valence-electron chi connectivity index (χ1n) is 12.5. The molecule has 1 aliphatic rings. The van der Waals surface area contributed by atoms with Gasteiger partial charge in [0.15, 0.2) is 5.82 Å². The van der Waals surface area contributed by atoms with Crippen LogP contribution in [-0.2, 0) is 21.3 Å². The van der Waals surface area contributed by atoms with Crippen molar-refractivity contribution in [2.75, 3.05) is 37.2 Å². The summed E-state index contributed by atoms with van der Waals surface area (Å²) in [6.45, 7) is 7.70. The maximum absolute atomic E-state index is 10.6. The summed E-state index contributed by atoms with van der Waals surface area (Å²) < 4.78 is 39.3. The van der Waals surface area contributed by atoms with Crippen LogP contribution in [0, 0.1) is 6.92 Å². The van der Waals surface area contributed by atoms with Crippen molar-refractivity contribution >= 4 is 74.9 Å². The molecular formula is C25H27ClF3N8O3PS. The predicted molar refractivity (Wildman–Crippen MR) is 159 cm³/mol. The number of hydrogen-bond acceptors (Lipinski definition) is 10. The molecule has 4 aromatic rings. The molecule has 0 bridgehead atoms. The van der Waals surface area contributed by atoms with Crippen LogP contribution in [0.15, 0.2) is 36.9 Å². The van der Waals surface area contributed by atoms with Crippen molar-refractivity contribution in [3.8, 4) is 0 Å². The molecule has 11 nitrogen and oxygen atoms in total. The number of anilines is 4. The third kappa shape index (κ3) is 7.51. The lowest BCUT2D eigenvalue weighted by Crippen LogP contribution is -2.21. The van der Waals surface area contributed by atoms with Crippen LogP contribution in [-0.4, -0.2) is 73.5 Å². The summed E-state index contributed by atoms with van der Waals surface area (Å²) in [5.41, 5.74) is 4.30. The molecule has 5 rings (SSSR count). The fourth-order valence-electron chi connectivity index (χ4n) is 4.27. The molecule has 0 aliphatic carbocycles. The second-order valence-electron chi connectivity index (χ2n) is 9.61. The summed E-state index contributed by atoms with van der Waals surface area (Å²) in [6.07, 6.45) is 3.57. The number of aliphatic carboxylic acids is 1. The zero-order valence-electron chi connectivity index (χ0n) is 22.7. The van der Waals surface area contributed by atoms with Gasteiger partial charge in [-0.1, -0.05) is 23.4 Å². The van der Waals surface area contributed by atoms with E-state index in [9.17, 15) is 13.2 Å². The van der Waals surface area contributed by atoms with Crippen molar-refractivity contribution in [2.24, 2.45) is 0 Å². The largest absolute Gasteiger partial charge is 0.490 e. The Labute approximate surface area is 248 Å². The molecule has 42 heavy (non-hydrogen) atoms. The Morgan fingerprint density at radius 3 is 2.43 bits per heavy atom. The second kappa shape index (κ2) is 12.9. The maximum atomic E-state index is 10.6. The van der Waals surface area contributed by atoms with Crippen LogP contribution in [0.5, 0.6) is 0 Å². The van der Waals surface area contributed by atoms with Gasteiger partial charge in [0.05, 0.1) is 46.5 Å². The Balaban J connectivity index is 0.000000517. The number of benzene rings is 1. The van der Waals surface area contributed by atoms with E-state index in [1.165, 1.54) is 0 Å². The number of carboxylic acid groups (broad SMARTS) is 1. The number of carboxylic acids is 1. The van der Waals surface area contributed by atoms with Gasteiger partial charge in [-0.15, -0.1) is 0 Å². The number of halogens is 4. The molecule has 0 amide bonds. The monoisotopic (exact) mass is 642 g/mol. The van der Waals surface area contributed by atoms with E-state index in [1.807, 2.05) is 19.1 Å². The van der Waals surface area contributed by atoms with Crippen molar-refractivity contribution in [1.82, 2.24) is 29.7 Å². The minimum absolute atomic E-state index is 0.335. The van der Waals surface area contributed by atoms with Crippen LogP contribution in [0.25, 0.3) is 11.0 Å². The quantitative estimate of drug-likeness (QED) is 0.232. The molecule has 0 saturated carbocycles. The number of carbonyl (C=O) groups is 1. The molecule has 224 valence electrons. The molecule has 4 heterocycles. The Morgan fingerprint density at radius 1 is 1.12 bits per heavy atom. The zero-order chi connectivity index (χ0) is 30.7. The van der Waals surface area contributed by atoms with Gasteiger partial charge in [0, 0.05) is 30.9 Å². The third-order valence-corrected chi connectivity index (χ3v) is 8.57. The lowest BCUT2D eigenvalue weighted by Gasteiger charge is -2.23. The smallest absolute Gasteiger partial charge is 0.475 e. The number of alkyl halides is 3. The highest BCUT2D eigenvalue weighted by Gasteiger charge is 2.38. The van der Waals surface area contributed by atoms with Crippen LogP contribution in [0.3, 0.4) is 0 Å². The molecule has 1 aliphatic heterocycles. The van der Waals surface area contributed by atoms with Crippen LogP contribution < -0.4 is 15.9 Å². The normalized spacial score (nSPS) is 14.3. The van der Waals surface area contributed by atoms with Gasteiger partial charge in [-0.3, -0.25) is 14.6 Å². The molecule has 1 fully saturated rings. The number of rotatable bonds is 6. The topological polar surface area (TPSA) is 140 Å². The number of ether oxygens (including phenoxy) is 1. The number of nitrogens with zero attached hydrogens (tertiary/aromatic N) is 6. The predicted octanol–water partition coefficient (Wildman–Crippen LogP) is 5.41. The fourth-order valence-corrected chi connectivity index (χ4v) is 6.36. The third-order valence-electron chi connectivity index (χ3n) is 6.22. The molecule has 17 heteroatoms. The van der Waals surface area contributed by atoms with Gasteiger partial charge in [-0.25, -0.2) is 9.78 Å². The Bertz CT molecular complexity index is 1640. The Morgan fingerprint density at radius 2 is 1.79 bits per heavy atom. The van der Waals surface area contributed by atoms with Crippen LogP contribution in [0.4, 0.5) is 36.3 Å². The summed E-state index contributed by atoms with van der Waals surface area (Å²) >= 11 is 12.4. The van der Waals surface area contributed by atoms with E-state index in [0.717, 1.165) is 59.5 Å². The van der Waals surface area contributed by atoms with Crippen molar-refractivity contribution in [3.05, 3.63) is 47.6 Å². The minimum Gasteiger partial charge on any atom is -0.475 e. The number of hydrogen-bond donors (Lipinski definition) is 3. The summed E-state index contributed by atoms with van der Waals surface area (Å²) in [7, 11) is 0. The van der Waals surface area contributed by atoms with Crippen LogP contribution in [0.1, 0.15) is 24.6 Å². The van der Waals surface area contributed by atoms with Crippen molar-refractivity contribution < 1.29 is 27.8 Å². The van der Waals surface area contributed by atoms with Gasteiger partial charge in [0.25, 0.3) is 0 Å². The molecule has 1 aromatic carbocycles. The lowest BCUT2D eigenvalue weighted by atomic mass is 10.1. The average Bonchev–Trinajstić information content (AvgIpc) is 3.29. The van der Waals surface area contributed by atoms with E-state index in [1.54, 1.807) is 24.8 Å². The van der Waals surface area contributed by atoms with Crippen LogP contribution in [0.2, 0.25) is 5.02 Å². The van der Waals surface area contributed by atoms with E-state index in [4.69, 9.17) is 38.0 Å². The van der Waals surface area contributed by atoms with Gasteiger partial charge in [0.1, 0.15) is 5.02 Å². The molecule has 3 N–H and O–H groups in total. The SMILES string of the molecule is Cc1c(Nc2ncc(Cl)c(Nc3ccc4nccnc4c3P(C)(C)=S)n2)cnn1C1CCOCC1.O=C(O)C(F)(F)F. The molecule has 0 atom stereocenters. The first-order valence-corrected chi connectivity index (χ1v) is 16.6. The highest BCUT2D eigenvalue weighted by Crippen LogP contribution is 2.41. The summed E-state index contributed by atoms with van der Waals surface area (Å²) in [6, 6.07) is 2.31. The first kappa shape index (κ1) is 31.5. The molecule has 0 spiro atoms. The Hall–Kier alpha value is -3.39. The fraction of sp³-hybridized carbons (Fsp3) is 0.360. The number of fused-ring (bicyclic) bond motifs is 1. The van der Waals surface area contributed by atoms with Gasteiger partial charge < -0.3 is 20.5 Å². The molecule has 1 saturated heterocycles. The van der Waals surface area contributed by atoms with Crippen LogP contribution >= 0.6 is 17.6 Å². The lowest BCUT2D eigenvalue weighted by molar-refractivity contribution is -0.192. The maximum Gasteiger partial charge on any atom is 0.490 e. The van der Waals surface area contributed by atoms with Gasteiger partial charge in [-0.2, -0.15) is 23.3 Å². The second-order valence-corrected chi connectivity index (χ2v) is 15.9. The van der Waals surface area contributed by atoms with Gasteiger partial charge in [0.2, 0.25) is 5.95 Å². The van der Waals surface area contributed by atoms with Crippen molar-refractivity contribution in [3.63, 3.8) is 0 Å². The summed E-state index contributed by atoms with van der Waals surface area (Å²) in [4.78, 5) is 26.9. The van der Waals surface area contributed by atoms with Crippen molar-refractivity contribution in [2.45, 2.75) is 32.0 Å². The zero-order valence-corrected chi connectivity index (χ0v) is 25.2.